The van der Waals surface area contributed by atoms with Gasteiger partial charge in [-0.15, -0.1) is 25.6 Å². The number of alkyl halides is 3. The standard InChI is InChI=1S/C19H17F4N5O2.ClH/c20-14-8-13(4-5-15(14)29-19(21,22)23)26-16-6-3-11(10-25-16)17-27-18(30-28-17)12-2-1-7-24-9-12;/h3-6,8,10,12,24H,1-2,7,9H2,(H,25,26);1H. The zero-order valence-corrected chi connectivity index (χ0v) is 16.8. The Morgan fingerprint density at radius 3 is 2.68 bits per heavy atom. The molecule has 0 radical (unpaired) electrons. The largest absolute Gasteiger partial charge is 0.573 e. The third-order valence-electron chi connectivity index (χ3n) is 4.54. The van der Waals surface area contributed by atoms with Gasteiger partial charge < -0.3 is 19.9 Å². The Bertz CT molecular complexity index is 1010. The van der Waals surface area contributed by atoms with Crippen LogP contribution in [-0.2, 0) is 0 Å². The average molecular weight is 460 g/mol. The monoisotopic (exact) mass is 459 g/mol. The van der Waals surface area contributed by atoms with E-state index in [9.17, 15) is 17.6 Å². The molecular weight excluding hydrogens is 442 g/mol. The molecule has 0 saturated carbocycles. The fourth-order valence-corrected chi connectivity index (χ4v) is 3.11. The van der Waals surface area contributed by atoms with E-state index in [1.165, 1.54) is 12.3 Å². The van der Waals surface area contributed by atoms with Gasteiger partial charge in [0, 0.05) is 30.1 Å². The highest BCUT2D eigenvalue weighted by Crippen LogP contribution is 2.29. The fourth-order valence-electron chi connectivity index (χ4n) is 3.11. The fraction of sp³-hybridized carbons (Fsp3) is 0.316. The number of pyridine rings is 1. The number of ether oxygens (including phenoxy) is 1. The maximum atomic E-state index is 13.8. The van der Waals surface area contributed by atoms with Gasteiger partial charge in [0.1, 0.15) is 5.82 Å². The summed E-state index contributed by atoms with van der Waals surface area (Å²) in [4.78, 5) is 8.64. The Balaban J connectivity index is 0.00000272. The highest BCUT2D eigenvalue weighted by Gasteiger charge is 2.32. The summed E-state index contributed by atoms with van der Waals surface area (Å²) in [6, 6.07) is 6.36. The topological polar surface area (TPSA) is 85.1 Å². The van der Waals surface area contributed by atoms with Crippen LogP contribution < -0.4 is 15.4 Å². The van der Waals surface area contributed by atoms with Crippen molar-refractivity contribution in [2.24, 2.45) is 0 Å². The van der Waals surface area contributed by atoms with Gasteiger partial charge in [0.05, 0.1) is 5.92 Å². The number of benzene rings is 1. The van der Waals surface area contributed by atoms with Crippen LogP contribution in [0.1, 0.15) is 24.7 Å². The Morgan fingerprint density at radius 1 is 1.19 bits per heavy atom. The zero-order chi connectivity index (χ0) is 21.1. The first-order chi connectivity index (χ1) is 14.4. The van der Waals surface area contributed by atoms with Crippen molar-refractivity contribution in [2.75, 3.05) is 18.4 Å². The van der Waals surface area contributed by atoms with E-state index >= 15 is 0 Å². The molecule has 3 aromatic rings. The number of nitrogens with one attached hydrogen (secondary N) is 2. The summed E-state index contributed by atoms with van der Waals surface area (Å²) < 4.78 is 59.4. The van der Waals surface area contributed by atoms with E-state index in [0.717, 1.165) is 38.1 Å². The molecule has 0 bridgehead atoms. The third-order valence-corrected chi connectivity index (χ3v) is 4.54. The van der Waals surface area contributed by atoms with Crippen molar-refractivity contribution in [1.29, 1.82) is 0 Å². The lowest BCUT2D eigenvalue weighted by Crippen LogP contribution is -2.28. The van der Waals surface area contributed by atoms with Crippen molar-refractivity contribution < 1.29 is 26.8 Å². The molecule has 12 heteroatoms. The van der Waals surface area contributed by atoms with Crippen molar-refractivity contribution >= 4 is 23.9 Å². The van der Waals surface area contributed by atoms with Crippen LogP contribution in [0.15, 0.2) is 41.1 Å². The molecule has 2 aromatic heterocycles. The van der Waals surface area contributed by atoms with E-state index < -0.39 is 17.9 Å². The molecule has 7 nitrogen and oxygen atoms in total. The highest BCUT2D eigenvalue weighted by molar-refractivity contribution is 5.85. The van der Waals surface area contributed by atoms with E-state index in [4.69, 9.17) is 4.52 Å². The lowest BCUT2D eigenvalue weighted by molar-refractivity contribution is -0.275. The van der Waals surface area contributed by atoms with Crippen LogP contribution in [0.25, 0.3) is 11.4 Å². The number of hydrogen-bond acceptors (Lipinski definition) is 7. The van der Waals surface area contributed by atoms with Crippen LogP contribution in [0.3, 0.4) is 0 Å². The van der Waals surface area contributed by atoms with E-state index in [1.807, 2.05) is 0 Å². The summed E-state index contributed by atoms with van der Waals surface area (Å²) in [6.45, 7) is 1.78. The number of nitrogens with zero attached hydrogens (tertiary/aromatic N) is 3. The Morgan fingerprint density at radius 2 is 2.03 bits per heavy atom. The van der Waals surface area contributed by atoms with Crippen LogP contribution in [0.2, 0.25) is 0 Å². The summed E-state index contributed by atoms with van der Waals surface area (Å²) in [5.41, 5.74) is 0.855. The molecule has 1 fully saturated rings. The molecule has 0 spiro atoms. The van der Waals surface area contributed by atoms with Crippen molar-refractivity contribution in [3.05, 3.63) is 48.2 Å². The summed E-state index contributed by atoms with van der Waals surface area (Å²) in [5, 5.41) is 10.1. The Labute approximate surface area is 180 Å². The minimum absolute atomic E-state index is 0. The van der Waals surface area contributed by atoms with Gasteiger partial charge in [-0.25, -0.2) is 9.37 Å². The predicted octanol–water partition coefficient (Wildman–Crippen LogP) is 4.80. The van der Waals surface area contributed by atoms with Crippen LogP contribution in [-0.4, -0.2) is 34.6 Å². The summed E-state index contributed by atoms with van der Waals surface area (Å²) in [7, 11) is 0. The second-order valence-corrected chi connectivity index (χ2v) is 6.75. The van der Waals surface area contributed by atoms with Gasteiger partial charge in [-0.2, -0.15) is 4.98 Å². The minimum Gasteiger partial charge on any atom is -0.403 e. The molecule has 31 heavy (non-hydrogen) atoms. The molecule has 1 aliphatic rings. The van der Waals surface area contributed by atoms with Gasteiger partial charge in [0.15, 0.2) is 11.6 Å². The zero-order valence-electron chi connectivity index (χ0n) is 15.9. The molecule has 0 aliphatic carbocycles. The molecule has 166 valence electrons. The number of anilines is 2. The Kier molecular flexibility index (Phi) is 6.96. The summed E-state index contributed by atoms with van der Waals surface area (Å²) in [5.74, 6) is -0.510. The van der Waals surface area contributed by atoms with E-state index in [0.29, 0.717) is 23.1 Å². The first kappa shape index (κ1) is 22.8. The molecular formula is C19H18ClF4N5O2. The molecule has 1 saturated heterocycles. The molecule has 0 amide bonds. The molecule has 1 aliphatic heterocycles. The smallest absolute Gasteiger partial charge is 0.403 e. The van der Waals surface area contributed by atoms with Crippen LogP contribution in [0.4, 0.5) is 29.1 Å². The number of hydrogen-bond donors (Lipinski definition) is 2. The predicted molar refractivity (Wildman–Crippen MR) is 106 cm³/mol. The van der Waals surface area contributed by atoms with Crippen molar-refractivity contribution in [1.82, 2.24) is 20.4 Å². The number of piperidine rings is 1. The number of rotatable bonds is 5. The Hall–Kier alpha value is -2.92. The highest BCUT2D eigenvalue weighted by atomic mass is 35.5. The van der Waals surface area contributed by atoms with E-state index in [-0.39, 0.29) is 24.0 Å². The van der Waals surface area contributed by atoms with Gasteiger partial charge in [-0.1, -0.05) is 5.16 Å². The lowest BCUT2D eigenvalue weighted by Gasteiger charge is -2.18. The van der Waals surface area contributed by atoms with Crippen LogP contribution in [0, 0.1) is 5.82 Å². The van der Waals surface area contributed by atoms with E-state index in [1.54, 1.807) is 12.1 Å². The van der Waals surface area contributed by atoms with Gasteiger partial charge in [0.2, 0.25) is 11.7 Å². The van der Waals surface area contributed by atoms with Crippen molar-refractivity contribution in [3.63, 3.8) is 0 Å². The van der Waals surface area contributed by atoms with E-state index in [2.05, 4.69) is 30.5 Å². The quantitative estimate of drug-likeness (QED) is 0.530. The SMILES string of the molecule is Cl.Fc1cc(Nc2ccc(-c3noc(C4CCCNC4)n3)cn2)ccc1OC(F)(F)F. The van der Waals surface area contributed by atoms with Gasteiger partial charge >= 0.3 is 6.36 Å². The van der Waals surface area contributed by atoms with Gasteiger partial charge in [-0.3, -0.25) is 0 Å². The normalized spacial score (nSPS) is 16.5. The molecule has 2 N–H and O–H groups in total. The molecule has 1 aromatic carbocycles. The molecule has 1 unspecified atom stereocenters. The molecule has 3 heterocycles. The minimum atomic E-state index is -4.96. The van der Waals surface area contributed by atoms with Crippen LogP contribution in [0.5, 0.6) is 5.75 Å². The number of halogens is 5. The molecule has 4 rings (SSSR count). The lowest BCUT2D eigenvalue weighted by atomic mass is 10.00. The maximum absolute atomic E-state index is 13.8. The first-order valence-corrected chi connectivity index (χ1v) is 9.20. The second kappa shape index (κ2) is 9.48. The summed E-state index contributed by atoms with van der Waals surface area (Å²) in [6.07, 6.45) is -1.41. The van der Waals surface area contributed by atoms with Gasteiger partial charge in [-0.05, 0) is 43.7 Å². The molecule has 1 atom stereocenters. The summed E-state index contributed by atoms with van der Waals surface area (Å²) >= 11 is 0. The maximum Gasteiger partial charge on any atom is 0.573 e. The average Bonchev–Trinajstić information content (AvgIpc) is 3.21. The van der Waals surface area contributed by atoms with Crippen molar-refractivity contribution in [3.8, 4) is 17.1 Å². The van der Waals surface area contributed by atoms with Crippen molar-refractivity contribution in [2.45, 2.75) is 25.1 Å². The first-order valence-electron chi connectivity index (χ1n) is 9.20. The number of aromatic nitrogens is 3. The third kappa shape index (κ3) is 5.82. The van der Waals surface area contributed by atoms with Crippen LogP contribution >= 0.6 is 12.4 Å². The second-order valence-electron chi connectivity index (χ2n) is 6.75. The van der Waals surface area contributed by atoms with Gasteiger partial charge in [0.25, 0.3) is 0 Å².